The van der Waals surface area contributed by atoms with Gasteiger partial charge in [0.05, 0.1) is 13.7 Å². The van der Waals surface area contributed by atoms with E-state index in [4.69, 9.17) is 9.47 Å². The Bertz CT molecular complexity index is 1110. The third-order valence-corrected chi connectivity index (χ3v) is 6.54. The number of nitrogens with one attached hydrogen (secondary N) is 1. The molecule has 1 aromatic heterocycles. The van der Waals surface area contributed by atoms with E-state index in [1.54, 1.807) is 0 Å². The zero-order valence-corrected chi connectivity index (χ0v) is 21.4. The number of methoxy groups -OCH3 is 1. The number of thiophene rings is 1. The summed E-state index contributed by atoms with van der Waals surface area (Å²) in [6.07, 6.45) is 1.80. The second-order valence-electron chi connectivity index (χ2n) is 9.17. The molecule has 2 aromatic carbocycles. The van der Waals surface area contributed by atoms with Gasteiger partial charge < -0.3 is 14.8 Å². The van der Waals surface area contributed by atoms with Gasteiger partial charge in [-0.3, -0.25) is 4.79 Å². The minimum absolute atomic E-state index is 0.0975. The number of esters is 1. The summed E-state index contributed by atoms with van der Waals surface area (Å²) in [6, 6.07) is 16.1. The van der Waals surface area contributed by atoms with Crippen LogP contribution in [0.1, 0.15) is 62.0 Å². The minimum atomic E-state index is -0.465. The molecule has 34 heavy (non-hydrogen) atoms. The lowest BCUT2D eigenvalue weighted by Crippen LogP contribution is -2.15. The second-order valence-corrected chi connectivity index (χ2v) is 10.0. The van der Waals surface area contributed by atoms with Gasteiger partial charge in [-0.1, -0.05) is 64.1 Å². The number of carbonyl (C=O) groups excluding carboxylic acids is 2. The van der Waals surface area contributed by atoms with Crippen LogP contribution in [0.4, 0.5) is 5.00 Å². The summed E-state index contributed by atoms with van der Waals surface area (Å²) < 4.78 is 10.8. The third-order valence-electron chi connectivity index (χ3n) is 5.64. The molecule has 3 rings (SSSR count). The molecule has 5 nitrogen and oxygen atoms in total. The molecular formula is C28H33NO4S. The summed E-state index contributed by atoms with van der Waals surface area (Å²) in [7, 11) is 1.35. The van der Waals surface area contributed by atoms with Crippen molar-refractivity contribution in [1.29, 1.82) is 0 Å². The van der Waals surface area contributed by atoms with E-state index in [1.807, 2.05) is 41.8 Å². The standard InChI is InChI=1S/C28H33NO4S/c1-6-19-9-11-20(12-10-19)23-18-34-26(25(23)27(31)32-5)29-24(30)8-7-17-33-22-15-13-21(14-16-22)28(2,3)4/h9-16,18H,6-8,17H2,1-5H3,(H,29,30). The third kappa shape index (κ3) is 6.48. The smallest absolute Gasteiger partial charge is 0.341 e. The van der Waals surface area contributed by atoms with Crippen molar-refractivity contribution in [3.05, 3.63) is 70.6 Å². The summed E-state index contributed by atoms with van der Waals surface area (Å²) in [5, 5.41) is 5.27. The van der Waals surface area contributed by atoms with Crippen LogP contribution in [-0.2, 0) is 21.4 Å². The van der Waals surface area contributed by atoms with Crippen LogP contribution in [0.15, 0.2) is 53.9 Å². The molecular weight excluding hydrogens is 446 g/mol. The number of anilines is 1. The van der Waals surface area contributed by atoms with Gasteiger partial charge in [-0.2, -0.15) is 0 Å². The molecule has 180 valence electrons. The molecule has 0 bridgehead atoms. The fourth-order valence-electron chi connectivity index (χ4n) is 3.55. The number of benzene rings is 2. The first-order valence-electron chi connectivity index (χ1n) is 11.5. The first kappa shape index (κ1) is 25.5. The summed E-state index contributed by atoms with van der Waals surface area (Å²) in [4.78, 5) is 25.1. The lowest BCUT2D eigenvalue weighted by Gasteiger charge is -2.19. The van der Waals surface area contributed by atoms with Crippen LogP contribution >= 0.6 is 11.3 Å². The predicted molar refractivity (Wildman–Crippen MR) is 139 cm³/mol. The minimum Gasteiger partial charge on any atom is -0.494 e. The molecule has 0 aliphatic rings. The van der Waals surface area contributed by atoms with Gasteiger partial charge in [0, 0.05) is 17.4 Å². The van der Waals surface area contributed by atoms with E-state index >= 15 is 0 Å². The Kier molecular flexibility index (Phi) is 8.51. The molecule has 0 unspecified atom stereocenters. The Labute approximate surface area is 206 Å². The molecule has 0 aliphatic carbocycles. The van der Waals surface area contributed by atoms with E-state index in [0.717, 1.165) is 23.3 Å². The van der Waals surface area contributed by atoms with Gasteiger partial charge in [-0.25, -0.2) is 4.79 Å². The van der Waals surface area contributed by atoms with Crippen LogP contribution in [-0.4, -0.2) is 25.6 Å². The van der Waals surface area contributed by atoms with Crippen LogP contribution in [0, 0.1) is 0 Å². The van der Waals surface area contributed by atoms with Gasteiger partial charge in [0.1, 0.15) is 16.3 Å². The summed E-state index contributed by atoms with van der Waals surface area (Å²) in [6.45, 7) is 9.05. The van der Waals surface area contributed by atoms with Crippen LogP contribution in [0.3, 0.4) is 0 Å². The molecule has 0 atom stereocenters. The topological polar surface area (TPSA) is 64.6 Å². The number of carbonyl (C=O) groups is 2. The van der Waals surface area contributed by atoms with Crippen LogP contribution in [0.2, 0.25) is 0 Å². The summed E-state index contributed by atoms with van der Waals surface area (Å²) in [5.41, 5.74) is 4.63. The molecule has 1 N–H and O–H groups in total. The van der Waals surface area contributed by atoms with Gasteiger partial charge in [0.25, 0.3) is 0 Å². The molecule has 1 amide bonds. The number of hydrogen-bond acceptors (Lipinski definition) is 5. The molecule has 0 spiro atoms. The van der Waals surface area contributed by atoms with Crippen LogP contribution < -0.4 is 10.1 Å². The fraction of sp³-hybridized carbons (Fsp3) is 0.357. The van der Waals surface area contributed by atoms with E-state index in [1.165, 1.54) is 29.6 Å². The number of aryl methyl sites for hydroxylation is 1. The van der Waals surface area contributed by atoms with E-state index in [0.29, 0.717) is 30.0 Å². The Morgan fingerprint density at radius 1 is 1.00 bits per heavy atom. The highest BCUT2D eigenvalue weighted by Crippen LogP contribution is 2.36. The van der Waals surface area contributed by atoms with Crippen molar-refractivity contribution in [2.24, 2.45) is 0 Å². The maximum atomic E-state index is 12.6. The van der Waals surface area contributed by atoms with Crippen molar-refractivity contribution in [2.75, 3.05) is 19.0 Å². The lowest BCUT2D eigenvalue weighted by atomic mass is 9.87. The SMILES string of the molecule is CCc1ccc(-c2csc(NC(=O)CCCOc3ccc(C(C)(C)C)cc3)c2C(=O)OC)cc1. The van der Waals surface area contributed by atoms with Crippen LogP contribution in [0.5, 0.6) is 5.75 Å². The van der Waals surface area contributed by atoms with Gasteiger partial charge >= 0.3 is 5.97 Å². The highest BCUT2D eigenvalue weighted by molar-refractivity contribution is 7.15. The number of amides is 1. The van der Waals surface area contributed by atoms with E-state index in [9.17, 15) is 9.59 Å². The zero-order chi connectivity index (χ0) is 24.7. The Hall–Kier alpha value is -3.12. The normalized spacial score (nSPS) is 11.2. The van der Waals surface area contributed by atoms with Crippen molar-refractivity contribution >= 4 is 28.2 Å². The maximum absolute atomic E-state index is 12.6. The van der Waals surface area contributed by atoms with E-state index in [2.05, 4.69) is 45.1 Å². The Morgan fingerprint density at radius 3 is 2.26 bits per heavy atom. The quantitative estimate of drug-likeness (QED) is 0.269. The number of hydrogen-bond donors (Lipinski definition) is 1. The Morgan fingerprint density at radius 2 is 1.68 bits per heavy atom. The highest BCUT2D eigenvalue weighted by atomic mass is 32.1. The lowest BCUT2D eigenvalue weighted by molar-refractivity contribution is -0.116. The summed E-state index contributed by atoms with van der Waals surface area (Å²) >= 11 is 1.33. The van der Waals surface area contributed by atoms with Gasteiger partial charge in [-0.15, -0.1) is 11.3 Å². The maximum Gasteiger partial charge on any atom is 0.341 e. The van der Waals surface area contributed by atoms with Crippen molar-refractivity contribution in [3.63, 3.8) is 0 Å². The molecule has 0 fully saturated rings. The Balaban J connectivity index is 1.58. The molecule has 6 heteroatoms. The van der Waals surface area contributed by atoms with E-state index in [-0.39, 0.29) is 11.3 Å². The monoisotopic (exact) mass is 479 g/mol. The zero-order valence-electron chi connectivity index (χ0n) is 20.6. The van der Waals surface area contributed by atoms with Crippen LogP contribution in [0.25, 0.3) is 11.1 Å². The number of ether oxygens (including phenoxy) is 2. The molecule has 0 aliphatic heterocycles. The van der Waals surface area contributed by atoms with E-state index < -0.39 is 5.97 Å². The largest absolute Gasteiger partial charge is 0.494 e. The second kappa shape index (κ2) is 11.3. The molecule has 1 heterocycles. The summed E-state index contributed by atoms with van der Waals surface area (Å²) in [5.74, 6) is 0.165. The van der Waals surface area contributed by atoms with Gasteiger partial charge in [-0.05, 0) is 47.1 Å². The van der Waals surface area contributed by atoms with Crippen molar-refractivity contribution in [3.8, 4) is 16.9 Å². The first-order chi connectivity index (χ1) is 16.2. The average molecular weight is 480 g/mol. The first-order valence-corrected chi connectivity index (χ1v) is 12.4. The van der Waals surface area contributed by atoms with Crippen molar-refractivity contribution in [1.82, 2.24) is 0 Å². The number of rotatable bonds is 9. The molecule has 0 saturated carbocycles. The van der Waals surface area contributed by atoms with Gasteiger partial charge in [0.2, 0.25) is 5.91 Å². The van der Waals surface area contributed by atoms with Crippen molar-refractivity contribution < 1.29 is 19.1 Å². The predicted octanol–water partition coefficient (Wildman–Crippen LogP) is 6.86. The highest BCUT2D eigenvalue weighted by Gasteiger charge is 2.22. The molecule has 0 radical (unpaired) electrons. The van der Waals surface area contributed by atoms with Gasteiger partial charge in [0.15, 0.2) is 0 Å². The fourth-order valence-corrected chi connectivity index (χ4v) is 4.52. The van der Waals surface area contributed by atoms with Crippen molar-refractivity contribution in [2.45, 2.75) is 52.4 Å². The average Bonchev–Trinajstić information content (AvgIpc) is 3.24. The molecule has 3 aromatic rings. The molecule has 0 saturated heterocycles.